The van der Waals surface area contributed by atoms with Gasteiger partial charge in [-0.2, -0.15) is 5.26 Å². The molecule has 0 amide bonds. The zero-order valence-electron chi connectivity index (χ0n) is 12.7. The number of benzene rings is 1. The van der Waals surface area contributed by atoms with Crippen LogP contribution < -0.4 is 4.74 Å². The summed E-state index contributed by atoms with van der Waals surface area (Å²) in [5.41, 5.74) is 0.572. The van der Waals surface area contributed by atoms with Crippen LogP contribution in [0.1, 0.15) is 31.2 Å². The highest BCUT2D eigenvalue weighted by atomic mass is 16.5. The largest absolute Gasteiger partial charge is 0.491 e. The lowest BCUT2D eigenvalue weighted by molar-refractivity contribution is 0.0492. The van der Waals surface area contributed by atoms with Crippen molar-refractivity contribution in [3.05, 3.63) is 29.8 Å². The Kier molecular flexibility index (Phi) is 6.04. The zero-order chi connectivity index (χ0) is 15.1. The molecular weight excluding hydrogens is 264 g/mol. The minimum atomic E-state index is -0.151. The third-order valence-electron chi connectivity index (χ3n) is 4.15. The molecule has 1 aromatic rings. The van der Waals surface area contributed by atoms with Gasteiger partial charge in [-0.25, -0.2) is 0 Å². The molecule has 1 aliphatic carbocycles. The van der Waals surface area contributed by atoms with Gasteiger partial charge in [-0.05, 0) is 37.9 Å². The molecule has 4 nitrogen and oxygen atoms in total. The number of nitrogens with zero attached hydrogens (tertiary/aromatic N) is 2. The summed E-state index contributed by atoms with van der Waals surface area (Å²) in [5, 5.41) is 19.0. The van der Waals surface area contributed by atoms with Crippen molar-refractivity contribution in [2.75, 3.05) is 26.7 Å². The molecule has 1 N–H and O–H groups in total. The van der Waals surface area contributed by atoms with Gasteiger partial charge in [0.2, 0.25) is 0 Å². The first-order valence-electron chi connectivity index (χ1n) is 7.69. The molecule has 4 heteroatoms. The number of hydrogen-bond acceptors (Lipinski definition) is 4. The first kappa shape index (κ1) is 15.8. The van der Waals surface area contributed by atoms with E-state index >= 15 is 0 Å². The summed E-state index contributed by atoms with van der Waals surface area (Å²) < 4.78 is 5.69. The van der Waals surface area contributed by atoms with Gasteiger partial charge in [0.1, 0.15) is 18.4 Å². The predicted molar refractivity (Wildman–Crippen MR) is 82.1 cm³/mol. The highest BCUT2D eigenvalue weighted by molar-refractivity contribution is 5.42. The van der Waals surface area contributed by atoms with Gasteiger partial charge in [0.15, 0.2) is 0 Å². The molecule has 21 heavy (non-hydrogen) atoms. The lowest BCUT2D eigenvalue weighted by Gasteiger charge is -2.31. The summed E-state index contributed by atoms with van der Waals surface area (Å²) >= 11 is 0. The number of para-hydroxylation sites is 1. The van der Waals surface area contributed by atoms with Crippen molar-refractivity contribution in [1.29, 1.82) is 5.26 Å². The van der Waals surface area contributed by atoms with E-state index in [9.17, 15) is 5.11 Å². The Labute approximate surface area is 127 Å². The predicted octanol–water partition coefficient (Wildman–Crippen LogP) is 2.42. The maximum absolute atomic E-state index is 10.00. The van der Waals surface area contributed by atoms with Gasteiger partial charge in [0, 0.05) is 13.1 Å². The van der Waals surface area contributed by atoms with Gasteiger partial charge in [0.25, 0.3) is 0 Å². The highest BCUT2D eigenvalue weighted by Gasteiger charge is 2.23. The normalized spacial score (nSPS) is 22.0. The van der Waals surface area contributed by atoms with E-state index in [-0.39, 0.29) is 6.10 Å². The molecule has 2 rings (SSSR count). The molecule has 0 radical (unpaired) electrons. The molecule has 1 fully saturated rings. The van der Waals surface area contributed by atoms with Crippen LogP contribution >= 0.6 is 0 Å². The molecule has 0 saturated heterocycles. The molecule has 1 aliphatic rings. The molecule has 2 unspecified atom stereocenters. The van der Waals surface area contributed by atoms with Crippen molar-refractivity contribution in [3.8, 4) is 11.8 Å². The molecular formula is C17H24N2O2. The summed E-state index contributed by atoms with van der Waals surface area (Å²) in [4.78, 5) is 2.20. The van der Waals surface area contributed by atoms with Crippen LogP contribution in [0.4, 0.5) is 0 Å². The third kappa shape index (κ3) is 4.73. The number of nitriles is 1. The Bertz CT molecular complexity index is 484. The quantitative estimate of drug-likeness (QED) is 0.873. The van der Waals surface area contributed by atoms with Gasteiger partial charge < -0.3 is 14.7 Å². The number of aliphatic hydroxyl groups excluding tert-OH is 1. The smallest absolute Gasteiger partial charge is 0.137 e. The van der Waals surface area contributed by atoms with Crippen molar-refractivity contribution < 1.29 is 9.84 Å². The lowest BCUT2D eigenvalue weighted by atomic mass is 9.86. The number of hydrogen-bond donors (Lipinski definition) is 1. The van der Waals surface area contributed by atoms with Crippen molar-refractivity contribution in [2.24, 2.45) is 5.92 Å². The van der Waals surface area contributed by atoms with E-state index in [0.29, 0.717) is 23.8 Å². The van der Waals surface area contributed by atoms with Crippen molar-refractivity contribution in [3.63, 3.8) is 0 Å². The second-order valence-corrected chi connectivity index (χ2v) is 5.83. The van der Waals surface area contributed by atoms with Crippen LogP contribution in [-0.4, -0.2) is 42.9 Å². The minimum absolute atomic E-state index is 0.151. The fourth-order valence-corrected chi connectivity index (χ4v) is 2.89. The van der Waals surface area contributed by atoms with Crippen LogP contribution in [0.15, 0.2) is 24.3 Å². The zero-order valence-corrected chi connectivity index (χ0v) is 12.7. The number of rotatable bonds is 6. The summed E-state index contributed by atoms with van der Waals surface area (Å²) in [6.07, 6.45) is 4.27. The van der Waals surface area contributed by atoms with Crippen LogP contribution in [0, 0.1) is 17.2 Å². The third-order valence-corrected chi connectivity index (χ3v) is 4.15. The lowest BCUT2D eigenvalue weighted by Crippen LogP contribution is -2.36. The van der Waals surface area contributed by atoms with Crippen molar-refractivity contribution >= 4 is 0 Å². The van der Waals surface area contributed by atoms with Crippen LogP contribution in [0.3, 0.4) is 0 Å². The maximum atomic E-state index is 10.00. The first-order valence-corrected chi connectivity index (χ1v) is 7.69. The van der Waals surface area contributed by atoms with E-state index < -0.39 is 0 Å². The molecule has 0 aromatic heterocycles. The molecule has 1 saturated carbocycles. The second kappa shape index (κ2) is 8.02. The van der Waals surface area contributed by atoms with Gasteiger partial charge >= 0.3 is 0 Å². The molecule has 0 heterocycles. The minimum Gasteiger partial charge on any atom is -0.491 e. The molecule has 114 valence electrons. The first-order chi connectivity index (χ1) is 10.2. The van der Waals surface area contributed by atoms with Crippen LogP contribution in [0.2, 0.25) is 0 Å². The fourth-order valence-electron chi connectivity index (χ4n) is 2.89. The van der Waals surface area contributed by atoms with E-state index in [0.717, 1.165) is 32.4 Å². The van der Waals surface area contributed by atoms with Gasteiger partial charge in [-0.1, -0.05) is 25.0 Å². The van der Waals surface area contributed by atoms with Gasteiger partial charge in [0.05, 0.1) is 11.7 Å². The number of likely N-dealkylation sites (N-methyl/N-ethyl adjacent to an activating group) is 1. The molecule has 2 atom stereocenters. The topological polar surface area (TPSA) is 56.5 Å². The van der Waals surface area contributed by atoms with Crippen LogP contribution in [0.25, 0.3) is 0 Å². The summed E-state index contributed by atoms with van der Waals surface area (Å²) in [7, 11) is 2.06. The Morgan fingerprint density at radius 1 is 1.33 bits per heavy atom. The van der Waals surface area contributed by atoms with E-state index in [1.807, 2.05) is 18.2 Å². The van der Waals surface area contributed by atoms with E-state index in [4.69, 9.17) is 10.00 Å². The monoisotopic (exact) mass is 288 g/mol. The standard InChI is InChI=1S/C17H24N2O2/c1-19(13-15-7-2-4-8-16(15)20)10-11-21-17-9-5-3-6-14(17)12-18/h3,5-6,9,15-16,20H,2,4,7-8,10-11,13H2,1H3. The van der Waals surface area contributed by atoms with Gasteiger partial charge in [-0.15, -0.1) is 0 Å². The Balaban J connectivity index is 1.74. The number of aliphatic hydroxyl groups is 1. The van der Waals surface area contributed by atoms with E-state index in [2.05, 4.69) is 18.0 Å². The van der Waals surface area contributed by atoms with Crippen LogP contribution in [0.5, 0.6) is 5.75 Å². The van der Waals surface area contributed by atoms with Crippen LogP contribution in [-0.2, 0) is 0 Å². The Morgan fingerprint density at radius 2 is 2.10 bits per heavy atom. The summed E-state index contributed by atoms with van der Waals surface area (Å²) in [5.74, 6) is 1.03. The Morgan fingerprint density at radius 3 is 2.86 bits per heavy atom. The summed E-state index contributed by atoms with van der Waals surface area (Å²) in [6, 6.07) is 9.43. The molecule has 0 aliphatic heterocycles. The second-order valence-electron chi connectivity index (χ2n) is 5.83. The SMILES string of the molecule is CN(CCOc1ccccc1C#N)CC1CCCCC1O. The molecule has 1 aromatic carbocycles. The van der Waals surface area contributed by atoms with E-state index in [1.165, 1.54) is 6.42 Å². The van der Waals surface area contributed by atoms with Gasteiger partial charge in [-0.3, -0.25) is 0 Å². The van der Waals surface area contributed by atoms with Crippen molar-refractivity contribution in [2.45, 2.75) is 31.8 Å². The Hall–Kier alpha value is -1.57. The average Bonchev–Trinajstić information content (AvgIpc) is 2.50. The summed E-state index contributed by atoms with van der Waals surface area (Å²) in [6.45, 7) is 2.26. The fraction of sp³-hybridized carbons (Fsp3) is 0.588. The highest BCUT2D eigenvalue weighted by Crippen LogP contribution is 2.24. The average molecular weight is 288 g/mol. The number of ether oxygens (including phenoxy) is 1. The van der Waals surface area contributed by atoms with Crippen molar-refractivity contribution in [1.82, 2.24) is 4.90 Å². The van der Waals surface area contributed by atoms with E-state index in [1.54, 1.807) is 6.07 Å². The maximum Gasteiger partial charge on any atom is 0.137 e. The molecule has 0 spiro atoms. The molecule has 0 bridgehead atoms.